The van der Waals surface area contributed by atoms with Gasteiger partial charge in [0.2, 0.25) is 10.0 Å². The molecule has 1 aliphatic rings. The van der Waals surface area contributed by atoms with Gasteiger partial charge in [0, 0.05) is 25.0 Å². The second-order valence-corrected chi connectivity index (χ2v) is 9.74. The Balaban J connectivity index is 1.38. The lowest BCUT2D eigenvalue weighted by atomic mass is 9.97. The van der Waals surface area contributed by atoms with Crippen LogP contribution in [-0.4, -0.2) is 48.4 Å². The van der Waals surface area contributed by atoms with E-state index in [2.05, 4.69) is 14.3 Å². The van der Waals surface area contributed by atoms with Gasteiger partial charge < -0.3 is 4.90 Å². The molecule has 9 heteroatoms. The van der Waals surface area contributed by atoms with Crippen molar-refractivity contribution in [1.82, 2.24) is 19.2 Å². The predicted octanol–water partition coefficient (Wildman–Crippen LogP) is 2.83. The van der Waals surface area contributed by atoms with Crippen LogP contribution in [0.3, 0.4) is 0 Å². The molecule has 0 bridgehead atoms. The maximum atomic E-state index is 12.9. The maximum absolute atomic E-state index is 12.9. The molecule has 0 saturated carbocycles. The average Bonchev–Trinajstić information content (AvgIpc) is 3.17. The second-order valence-electron chi connectivity index (χ2n) is 7.25. The van der Waals surface area contributed by atoms with Gasteiger partial charge in [-0.2, -0.15) is 0 Å². The van der Waals surface area contributed by atoms with Gasteiger partial charge in [-0.15, -0.1) is 5.10 Å². The molecule has 29 heavy (non-hydrogen) atoms. The summed E-state index contributed by atoms with van der Waals surface area (Å²) in [5.74, 6) is 0.164. The van der Waals surface area contributed by atoms with E-state index in [0.717, 1.165) is 35.1 Å². The molecule has 0 unspecified atom stereocenters. The maximum Gasteiger partial charge on any atom is 0.267 e. The number of hydrogen-bond donors (Lipinski definition) is 1. The first kappa shape index (κ1) is 19.9. The molecule has 0 atom stereocenters. The van der Waals surface area contributed by atoms with Crippen molar-refractivity contribution in [3.05, 3.63) is 53.0 Å². The molecule has 0 aliphatic carbocycles. The zero-order valence-corrected chi connectivity index (χ0v) is 17.7. The summed E-state index contributed by atoms with van der Waals surface area (Å²) in [6.07, 6.45) is 1.52. The van der Waals surface area contributed by atoms with Gasteiger partial charge in [-0.05, 0) is 48.7 Å². The highest BCUT2D eigenvalue weighted by molar-refractivity contribution is 7.89. The van der Waals surface area contributed by atoms with Gasteiger partial charge in [0.25, 0.3) is 5.91 Å². The summed E-state index contributed by atoms with van der Waals surface area (Å²) in [5.41, 5.74) is 0.657. The highest BCUT2D eigenvalue weighted by Crippen LogP contribution is 2.24. The van der Waals surface area contributed by atoms with E-state index in [1.54, 1.807) is 24.0 Å². The molecule has 7 nitrogen and oxygen atoms in total. The molecule has 4 rings (SSSR count). The number of hydrogen-bond acceptors (Lipinski definition) is 6. The molecule has 1 N–H and O–H groups in total. The number of nitrogens with zero attached hydrogens (tertiary/aromatic N) is 3. The van der Waals surface area contributed by atoms with Crippen LogP contribution < -0.4 is 4.72 Å². The van der Waals surface area contributed by atoms with E-state index in [1.165, 1.54) is 0 Å². The lowest BCUT2D eigenvalue weighted by molar-refractivity contribution is 0.0696. The number of benzene rings is 2. The number of amides is 1. The molecule has 1 fully saturated rings. The lowest BCUT2D eigenvalue weighted by Gasteiger charge is -2.31. The van der Waals surface area contributed by atoms with E-state index in [1.807, 2.05) is 30.3 Å². The van der Waals surface area contributed by atoms with E-state index < -0.39 is 10.0 Å². The Hall–Kier alpha value is -2.36. The second kappa shape index (κ2) is 8.17. The Morgan fingerprint density at radius 2 is 1.90 bits per heavy atom. The summed E-state index contributed by atoms with van der Waals surface area (Å²) >= 11 is 1.12. The van der Waals surface area contributed by atoms with Crippen LogP contribution in [0.4, 0.5) is 0 Å². The fourth-order valence-corrected chi connectivity index (χ4v) is 5.62. The van der Waals surface area contributed by atoms with Gasteiger partial charge in [0.1, 0.15) is 4.88 Å². The van der Waals surface area contributed by atoms with Crippen molar-refractivity contribution >= 4 is 38.2 Å². The molecular formula is C20H22N4O3S2. The van der Waals surface area contributed by atoms with Crippen LogP contribution in [0.1, 0.15) is 28.2 Å². The molecule has 2 heterocycles. The topological polar surface area (TPSA) is 92.3 Å². The first-order valence-electron chi connectivity index (χ1n) is 9.51. The fourth-order valence-electron chi connectivity index (χ4n) is 3.65. The van der Waals surface area contributed by atoms with Crippen LogP contribution in [0.15, 0.2) is 47.4 Å². The van der Waals surface area contributed by atoms with E-state index >= 15 is 0 Å². The Labute approximate surface area is 174 Å². The van der Waals surface area contributed by atoms with Crippen LogP contribution in [0.25, 0.3) is 10.8 Å². The molecular weight excluding hydrogens is 408 g/mol. The number of rotatable bonds is 5. The molecule has 3 aromatic rings. The van der Waals surface area contributed by atoms with Crippen LogP contribution in [-0.2, 0) is 10.0 Å². The molecule has 2 aromatic carbocycles. The van der Waals surface area contributed by atoms with Crippen molar-refractivity contribution in [3.63, 3.8) is 0 Å². The van der Waals surface area contributed by atoms with Crippen molar-refractivity contribution in [2.75, 3.05) is 19.6 Å². The zero-order valence-electron chi connectivity index (χ0n) is 16.0. The van der Waals surface area contributed by atoms with Crippen LogP contribution in [0, 0.1) is 12.8 Å². The zero-order chi connectivity index (χ0) is 20.4. The summed E-state index contributed by atoms with van der Waals surface area (Å²) in [5, 5.41) is 5.52. The van der Waals surface area contributed by atoms with Crippen LogP contribution >= 0.6 is 11.5 Å². The van der Waals surface area contributed by atoms with E-state index in [9.17, 15) is 13.2 Å². The van der Waals surface area contributed by atoms with Crippen LogP contribution in [0.5, 0.6) is 0 Å². The molecule has 0 spiro atoms. The number of fused-ring (bicyclic) bond motifs is 1. The van der Waals surface area contributed by atoms with Gasteiger partial charge in [-0.1, -0.05) is 40.9 Å². The number of sulfonamides is 1. The molecule has 1 saturated heterocycles. The number of carbonyl (C=O) groups is 1. The number of aromatic nitrogens is 2. The number of piperidine rings is 1. The first-order valence-corrected chi connectivity index (χ1v) is 11.8. The quantitative estimate of drug-likeness (QED) is 0.672. The van der Waals surface area contributed by atoms with Crippen LogP contribution in [0.2, 0.25) is 0 Å². The Bertz CT molecular complexity index is 1130. The molecule has 1 aromatic heterocycles. The van der Waals surface area contributed by atoms with Crippen molar-refractivity contribution in [2.24, 2.45) is 5.92 Å². The summed E-state index contributed by atoms with van der Waals surface area (Å²) in [4.78, 5) is 15.2. The Kier molecular flexibility index (Phi) is 5.62. The summed E-state index contributed by atoms with van der Waals surface area (Å²) < 4.78 is 32.3. The number of likely N-dealkylation sites (tertiary alicyclic amines) is 1. The number of aryl methyl sites for hydroxylation is 1. The molecule has 0 radical (unpaired) electrons. The average molecular weight is 431 g/mol. The summed E-state index contributed by atoms with van der Waals surface area (Å²) in [7, 11) is -3.60. The van der Waals surface area contributed by atoms with E-state index in [-0.39, 0.29) is 11.8 Å². The Morgan fingerprint density at radius 1 is 1.17 bits per heavy atom. The number of carbonyl (C=O) groups excluding carboxylic acids is 1. The van der Waals surface area contributed by atoms with Crippen molar-refractivity contribution in [1.29, 1.82) is 0 Å². The van der Waals surface area contributed by atoms with E-state index in [4.69, 9.17) is 0 Å². The van der Waals surface area contributed by atoms with Gasteiger partial charge in [-0.3, -0.25) is 4.79 Å². The highest BCUT2D eigenvalue weighted by Gasteiger charge is 2.27. The third kappa shape index (κ3) is 4.17. The van der Waals surface area contributed by atoms with Crippen molar-refractivity contribution in [3.8, 4) is 0 Å². The number of nitrogens with one attached hydrogen (secondary N) is 1. The van der Waals surface area contributed by atoms with Gasteiger partial charge in [-0.25, -0.2) is 13.1 Å². The third-order valence-electron chi connectivity index (χ3n) is 5.35. The highest BCUT2D eigenvalue weighted by atomic mass is 32.2. The predicted molar refractivity (Wildman–Crippen MR) is 112 cm³/mol. The Morgan fingerprint density at radius 3 is 2.62 bits per heavy atom. The minimum Gasteiger partial charge on any atom is -0.338 e. The molecule has 1 amide bonds. The van der Waals surface area contributed by atoms with Gasteiger partial charge in [0.15, 0.2) is 0 Å². The monoisotopic (exact) mass is 430 g/mol. The van der Waals surface area contributed by atoms with E-state index in [0.29, 0.717) is 35.1 Å². The first-order chi connectivity index (χ1) is 14.0. The summed E-state index contributed by atoms with van der Waals surface area (Å²) in [6, 6.07) is 12.8. The van der Waals surface area contributed by atoms with Crippen molar-refractivity contribution < 1.29 is 13.2 Å². The molecule has 152 valence electrons. The smallest absolute Gasteiger partial charge is 0.267 e. The minimum atomic E-state index is -3.60. The lowest BCUT2D eigenvalue weighted by Crippen LogP contribution is -2.41. The van der Waals surface area contributed by atoms with Crippen molar-refractivity contribution in [2.45, 2.75) is 24.7 Å². The molecule has 1 aliphatic heterocycles. The standard InChI is InChI=1S/C20H22N4O3S2/c1-14-19(28-23-22-14)20(25)24-11-9-15(10-12-24)13-21-29(26,27)18-8-4-6-16-5-2-3-7-17(16)18/h2-8,15,21H,9-13H2,1H3. The van der Waals surface area contributed by atoms with Gasteiger partial charge >= 0.3 is 0 Å². The SMILES string of the molecule is Cc1nnsc1C(=O)N1CCC(CNS(=O)(=O)c2cccc3ccccc23)CC1. The largest absolute Gasteiger partial charge is 0.338 e. The van der Waals surface area contributed by atoms with Gasteiger partial charge in [0.05, 0.1) is 10.6 Å². The normalized spacial score (nSPS) is 15.7. The third-order valence-corrected chi connectivity index (χ3v) is 7.65. The fraction of sp³-hybridized carbons (Fsp3) is 0.350. The summed E-state index contributed by atoms with van der Waals surface area (Å²) in [6.45, 7) is 3.37. The minimum absolute atomic E-state index is 0.0349.